The molecule has 0 radical (unpaired) electrons. The molecule has 0 bridgehead atoms. The van der Waals surface area contributed by atoms with Crippen LogP contribution in [-0.4, -0.2) is 4.57 Å². The van der Waals surface area contributed by atoms with Gasteiger partial charge in [0.15, 0.2) is 0 Å². The first-order valence-electron chi connectivity index (χ1n) is 23.4. The second kappa shape index (κ2) is 14.3. The molecular formula is C65H36N2O2. The molecule has 0 fully saturated rings. The Morgan fingerprint density at radius 3 is 1.41 bits per heavy atom. The molecule has 0 aliphatic rings. The highest BCUT2D eigenvalue weighted by Crippen LogP contribution is 2.48. The van der Waals surface area contributed by atoms with E-state index in [9.17, 15) is 5.26 Å². The van der Waals surface area contributed by atoms with Gasteiger partial charge < -0.3 is 13.4 Å². The largest absolute Gasteiger partial charge is 0.456 e. The van der Waals surface area contributed by atoms with E-state index in [1.165, 1.54) is 48.8 Å². The Bertz CT molecular complexity index is 4660. The predicted octanol–water partition coefficient (Wildman–Crippen LogP) is 18.0. The molecule has 12 aromatic carbocycles. The molecule has 69 heavy (non-hydrogen) atoms. The fourth-order valence-corrected chi connectivity index (χ4v) is 11.5. The topological polar surface area (TPSA) is 55.0 Å². The van der Waals surface area contributed by atoms with E-state index in [1.54, 1.807) is 0 Å². The zero-order chi connectivity index (χ0) is 45.3. The maximum atomic E-state index is 10.0. The summed E-state index contributed by atoms with van der Waals surface area (Å²) in [6.45, 7) is 0. The SMILES string of the molecule is N#Cc1cc2ccc3cc(-c4ccc(-c5ccc6c(-c7ccc8oc9ccccc9c8c7)c7ccccc7c(-c7ccc8oc9ccccc9c8c7)c6c5)cc4)cc4c3c2c(c1)n4-c1ccccc1. The Kier molecular flexibility index (Phi) is 7.82. The third kappa shape index (κ3) is 5.56. The van der Waals surface area contributed by atoms with E-state index in [1.807, 2.05) is 42.5 Å². The quantitative estimate of drug-likeness (QED) is 0.128. The zero-order valence-electron chi connectivity index (χ0n) is 37.0. The summed E-state index contributed by atoms with van der Waals surface area (Å²) in [6.07, 6.45) is 0. The highest BCUT2D eigenvalue weighted by atomic mass is 16.3. The molecule has 4 nitrogen and oxygen atoms in total. The number of hydrogen-bond acceptors (Lipinski definition) is 3. The van der Waals surface area contributed by atoms with Gasteiger partial charge in [0.2, 0.25) is 0 Å². The van der Waals surface area contributed by atoms with E-state index in [0.29, 0.717) is 5.56 Å². The van der Waals surface area contributed by atoms with Crippen LogP contribution >= 0.6 is 0 Å². The van der Waals surface area contributed by atoms with Crippen molar-refractivity contribution in [1.29, 1.82) is 5.26 Å². The Hall–Kier alpha value is -9.43. The van der Waals surface area contributed by atoms with Crippen LogP contribution in [0, 0.1) is 11.3 Å². The number of benzene rings is 12. The van der Waals surface area contributed by atoms with Crippen molar-refractivity contribution in [1.82, 2.24) is 4.57 Å². The molecule has 0 aliphatic heterocycles. The predicted molar refractivity (Wildman–Crippen MR) is 286 cm³/mol. The standard InChI is InChI=1S/C65H36N2O2/c66-37-38-30-42-22-23-43-32-46(36-57-65(43)64(42)56(31-38)67(57)47-10-2-1-3-11-47)40-20-18-39(19-21-40)41-24-27-52-55(33-41)63(45-26-29-61-54(35-45)49-13-7-9-17-59(49)69-61)51-15-5-4-14-50(51)62(52)44-25-28-60-53(34-44)48-12-6-8-16-58(48)68-60/h1-36H. The Morgan fingerprint density at radius 1 is 0.319 bits per heavy atom. The molecule has 0 amide bonds. The van der Waals surface area contributed by atoms with E-state index in [0.717, 1.165) is 99.4 Å². The summed E-state index contributed by atoms with van der Waals surface area (Å²) in [5.74, 6) is 0. The smallest absolute Gasteiger partial charge is 0.135 e. The molecule has 0 N–H and O–H groups in total. The van der Waals surface area contributed by atoms with E-state index in [4.69, 9.17) is 8.83 Å². The lowest BCUT2D eigenvalue weighted by molar-refractivity contribution is 0.668. The van der Waals surface area contributed by atoms with Crippen LogP contribution in [-0.2, 0) is 0 Å². The first kappa shape index (κ1) is 37.8. The van der Waals surface area contributed by atoms with E-state index in [2.05, 4.69) is 187 Å². The van der Waals surface area contributed by atoms with Crippen molar-refractivity contribution >= 4 is 98.0 Å². The molecule has 0 unspecified atom stereocenters. The van der Waals surface area contributed by atoms with Gasteiger partial charge in [-0.3, -0.25) is 0 Å². The molecule has 0 atom stereocenters. The van der Waals surface area contributed by atoms with Gasteiger partial charge in [-0.2, -0.15) is 5.26 Å². The summed E-state index contributed by atoms with van der Waals surface area (Å²) < 4.78 is 15.0. The van der Waals surface area contributed by atoms with Crippen LogP contribution in [0.5, 0.6) is 0 Å². The number of furan rings is 2. The van der Waals surface area contributed by atoms with E-state index < -0.39 is 0 Å². The minimum absolute atomic E-state index is 0.656. The van der Waals surface area contributed by atoms with Gasteiger partial charge in [-0.05, 0) is 156 Å². The van der Waals surface area contributed by atoms with Gasteiger partial charge >= 0.3 is 0 Å². The van der Waals surface area contributed by atoms with Gasteiger partial charge in [-0.25, -0.2) is 0 Å². The maximum absolute atomic E-state index is 10.0. The number of nitriles is 1. The molecule has 0 spiro atoms. The molecule has 15 rings (SSSR count). The van der Waals surface area contributed by atoms with Crippen LogP contribution in [0.1, 0.15) is 5.56 Å². The lowest BCUT2D eigenvalue weighted by Crippen LogP contribution is -1.94. The summed E-state index contributed by atoms with van der Waals surface area (Å²) in [4.78, 5) is 0. The van der Waals surface area contributed by atoms with Crippen LogP contribution in [0.3, 0.4) is 0 Å². The molecule has 318 valence electrons. The second-order valence-electron chi connectivity index (χ2n) is 18.3. The third-order valence-corrected chi connectivity index (χ3v) is 14.5. The Balaban J connectivity index is 0.929. The van der Waals surface area contributed by atoms with Gasteiger partial charge in [-0.15, -0.1) is 0 Å². The molecule has 3 heterocycles. The number of aromatic nitrogens is 1. The van der Waals surface area contributed by atoms with Crippen LogP contribution in [0.15, 0.2) is 227 Å². The minimum atomic E-state index is 0.656. The van der Waals surface area contributed by atoms with Crippen molar-refractivity contribution in [2.75, 3.05) is 0 Å². The first-order chi connectivity index (χ1) is 34.1. The number of hydrogen-bond donors (Lipinski definition) is 0. The first-order valence-corrected chi connectivity index (χ1v) is 23.4. The van der Waals surface area contributed by atoms with Crippen LogP contribution < -0.4 is 0 Å². The molecule has 0 saturated carbocycles. The molecule has 4 heteroatoms. The fourth-order valence-electron chi connectivity index (χ4n) is 11.5. The summed E-state index contributed by atoms with van der Waals surface area (Å²) >= 11 is 0. The van der Waals surface area contributed by atoms with Crippen LogP contribution in [0.4, 0.5) is 0 Å². The molecule has 15 aromatic rings. The van der Waals surface area contributed by atoms with Gasteiger partial charge in [0, 0.05) is 38.0 Å². The van der Waals surface area contributed by atoms with Gasteiger partial charge in [0.05, 0.1) is 22.7 Å². The molecule has 3 aromatic heterocycles. The molecular weight excluding hydrogens is 841 g/mol. The summed E-state index contributed by atoms with van der Waals surface area (Å²) in [5.41, 5.74) is 16.7. The Labute approximate surface area is 395 Å². The summed E-state index contributed by atoms with van der Waals surface area (Å²) in [5, 5.41) is 23.9. The second-order valence-corrected chi connectivity index (χ2v) is 18.3. The lowest BCUT2D eigenvalue weighted by Gasteiger charge is -2.19. The van der Waals surface area contributed by atoms with Gasteiger partial charge in [-0.1, -0.05) is 140 Å². The molecule has 0 saturated heterocycles. The summed E-state index contributed by atoms with van der Waals surface area (Å²) in [6, 6.07) is 80.7. The number of rotatable bonds is 5. The molecule has 0 aliphatic carbocycles. The highest BCUT2D eigenvalue weighted by Gasteiger charge is 2.22. The number of nitrogens with zero attached hydrogens (tertiary/aromatic N) is 2. The van der Waals surface area contributed by atoms with E-state index in [-0.39, 0.29) is 0 Å². The Morgan fingerprint density at radius 2 is 0.783 bits per heavy atom. The zero-order valence-corrected chi connectivity index (χ0v) is 37.0. The van der Waals surface area contributed by atoms with Gasteiger partial charge in [0.1, 0.15) is 22.3 Å². The van der Waals surface area contributed by atoms with Crippen LogP contribution in [0.25, 0.3) is 148 Å². The van der Waals surface area contributed by atoms with Crippen molar-refractivity contribution in [2.45, 2.75) is 0 Å². The average molecular weight is 877 g/mol. The van der Waals surface area contributed by atoms with Crippen molar-refractivity contribution in [3.63, 3.8) is 0 Å². The van der Waals surface area contributed by atoms with E-state index >= 15 is 0 Å². The van der Waals surface area contributed by atoms with Crippen molar-refractivity contribution in [2.24, 2.45) is 0 Å². The number of para-hydroxylation sites is 3. The van der Waals surface area contributed by atoms with Crippen molar-refractivity contribution in [3.05, 3.63) is 224 Å². The van der Waals surface area contributed by atoms with Gasteiger partial charge in [0.25, 0.3) is 0 Å². The summed E-state index contributed by atoms with van der Waals surface area (Å²) in [7, 11) is 0. The highest BCUT2D eigenvalue weighted by molar-refractivity contribution is 6.26. The normalized spacial score (nSPS) is 12.0. The lowest BCUT2D eigenvalue weighted by atomic mass is 9.84. The average Bonchev–Trinajstić information content (AvgIpc) is 4.09. The fraction of sp³-hybridized carbons (Fsp3) is 0. The third-order valence-electron chi connectivity index (χ3n) is 14.5. The maximum Gasteiger partial charge on any atom is 0.135 e. The van der Waals surface area contributed by atoms with Crippen molar-refractivity contribution < 1.29 is 8.83 Å². The van der Waals surface area contributed by atoms with Crippen molar-refractivity contribution in [3.8, 4) is 56.3 Å². The number of fused-ring (bicyclic) bond motifs is 8. The minimum Gasteiger partial charge on any atom is -0.456 e. The van der Waals surface area contributed by atoms with Crippen LogP contribution in [0.2, 0.25) is 0 Å². The monoisotopic (exact) mass is 876 g/mol.